The third kappa shape index (κ3) is 3.21. The molecular weight excluding hydrogens is 220 g/mol. The van der Waals surface area contributed by atoms with Crippen molar-refractivity contribution in [3.8, 4) is 0 Å². The summed E-state index contributed by atoms with van der Waals surface area (Å²) in [7, 11) is 0. The highest BCUT2D eigenvalue weighted by Gasteiger charge is 2.17. The van der Waals surface area contributed by atoms with Gasteiger partial charge in [-0.05, 0) is 25.0 Å². The normalized spacial score (nSPS) is 21.5. The Hall–Kier alpha value is -0.570. The molecule has 0 bridgehead atoms. The molecule has 2 rings (SSSR count). The van der Waals surface area contributed by atoms with Crippen molar-refractivity contribution in [2.45, 2.75) is 26.4 Å². The van der Waals surface area contributed by atoms with Crippen LogP contribution >= 0.6 is 12.4 Å². The molecule has 0 radical (unpaired) electrons. The summed E-state index contributed by atoms with van der Waals surface area (Å²) in [5, 5.41) is 3.42. The number of rotatable bonds is 2. The summed E-state index contributed by atoms with van der Waals surface area (Å²) in [6.45, 7) is 8.99. The zero-order chi connectivity index (χ0) is 10.7. The predicted octanol–water partition coefficient (Wildman–Crippen LogP) is 2.21. The molecule has 0 aromatic heterocycles. The fourth-order valence-corrected chi connectivity index (χ4v) is 2.12. The highest BCUT2D eigenvalue weighted by molar-refractivity contribution is 5.85. The minimum atomic E-state index is 0. The second-order valence-corrected chi connectivity index (χ2v) is 4.45. The zero-order valence-corrected chi connectivity index (χ0v) is 10.9. The van der Waals surface area contributed by atoms with Crippen molar-refractivity contribution < 1.29 is 0 Å². The van der Waals surface area contributed by atoms with E-state index in [0.717, 1.165) is 26.2 Å². The summed E-state index contributed by atoms with van der Waals surface area (Å²) in [6.07, 6.45) is 0. The summed E-state index contributed by atoms with van der Waals surface area (Å²) in [5.74, 6) is 0. The summed E-state index contributed by atoms with van der Waals surface area (Å²) in [5.41, 5.74) is 2.87. The van der Waals surface area contributed by atoms with E-state index in [1.165, 1.54) is 11.1 Å². The first-order valence-corrected chi connectivity index (χ1v) is 5.76. The molecule has 1 saturated heterocycles. The summed E-state index contributed by atoms with van der Waals surface area (Å²) in [6, 6.07) is 9.33. The minimum absolute atomic E-state index is 0. The quantitative estimate of drug-likeness (QED) is 0.853. The number of hydrogen-bond acceptors (Lipinski definition) is 2. The van der Waals surface area contributed by atoms with E-state index in [1.807, 2.05) is 0 Å². The van der Waals surface area contributed by atoms with Crippen molar-refractivity contribution in [3.63, 3.8) is 0 Å². The van der Waals surface area contributed by atoms with Crippen LogP contribution in [-0.4, -0.2) is 30.6 Å². The SMILES string of the molecule is Cc1ccccc1CN1CCNC[C@@H]1C.Cl. The summed E-state index contributed by atoms with van der Waals surface area (Å²) >= 11 is 0. The number of halogens is 1. The molecule has 1 aromatic carbocycles. The van der Waals surface area contributed by atoms with Gasteiger partial charge >= 0.3 is 0 Å². The number of nitrogens with zero attached hydrogens (tertiary/aromatic N) is 1. The molecule has 2 nitrogen and oxygen atoms in total. The average molecular weight is 241 g/mol. The van der Waals surface area contributed by atoms with Crippen LogP contribution in [0.1, 0.15) is 18.1 Å². The lowest BCUT2D eigenvalue weighted by atomic mass is 10.1. The molecule has 1 aliphatic rings. The van der Waals surface area contributed by atoms with E-state index in [2.05, 4.69) is 48.3 Å². The van der Waals surface area contributed by atoms with Crippen LogP contribution in [0.4, 0.5) is 0 Å². The minimum Gasteiger partial charge on any atom is -0.314 e. The van der Waals surface area contributed by atoms with Crippen LogP contribution in [-0.2, 0) is 6.54 Å². The van der Waals surface area contributed by atoms with E-state index in [-0.39, 0.29) is 12.4 Å². The Morgan fingerprint density at radius 1 is 1.38 bits per heavy atom. The van der Waals surface area contributed by atoms with Gasteiger partial charge in [0, 0.05) is 32.2 Å². The third-order valence-electron chi connectivity index (χ3n) is 3.27. The first-order chi connectivity index (χ1) is 7.27. The van der Waals surface area contributed by atoms with Crippen LogP contribution in [0.5, 0.6) is 0 Å². The van der Waals surface area contributed by atoms with Crippen LogP contribution in [0, 0.1) is 6.92 Å². The van der Waals surface area contributed by atoms with Crippen LogP contribution in [0.15, 0.2) is 24.3 Å². The summed E-state index contributed by atoms with van der Waals surface area (Å²) < 4.78 is 0. The zero-order valence-electron chi connectivity index (χ0n) is 10.1. The van der Waals surface area contributed by atoms with Crippen molar-refractivity contribution in [3.05, 3.63) is 35.4 Å². The van der Waals surface area contributed by atoms with E-state index in [1.54, 1.807) is 0 Å². The number of nitrogens with one attached hydrogen (secondary N) is 1. The third-order valence-corrected chi connectivity index (χ3v) is 3.27. The van der Waals surface area contributed by atoms with Gasteiger partial charge in [-0.2, -0.15) is 0 Å². The highest BCUT2D eigenvalue weighted by Crippen LogP contribution is 2.13. The highest BCUT2D eigenvalue weighted by atomic mass is 35.5. The maximum atomic E-state index is 3.42. The lowest BCUT2D eigenvalue weighted by molar-refractivity contribution is 0.165. The Kier molecular flexibility index (Phi) is 5.26. The largest absolute Gasteiger partial charge is 0.314 e. The fourth-order valence-electron chi connectivity index (χ4n) is 2.12. The van der Waals surface area contributed by atoms with Crippen LogP contribution in [0.2, 0.25) is 0 Å². The smallest absolute Gasteiger partial charge is 0.0240 e. The number of benzene rings is 1. The van der Waals surface area contributed by atoms with Crippen molar-refractivity contribution in [1.29, 1.82) is 0 Å². The Bertz CT molecular complexity index is 327. The van der Waals surface area contributed by atoms with Gasteiger partial charge in [-0.1, -0.05) is 24.3 Å². The van der Waals surface area contributed by atoms with Crippen LogP contribution < -0.4 is 5.32 Å². The fraction of sp³-hybridized carbons (Fsp3) is 0.538. The maximum Gasteiger partial charge on any atom is 0.0240 e. The molecule has 0 aliphatic carbocycles. The Morgan fingerprint density at radius 3 is 2.81 bits per heavy atom. The van der Waals surface area contributed by atoms with Crippen LogP contribution in [0.3, 0.4) is 0 Å². The molecule has 1 atom stereocenters. The molecule has 0 spiro atoms. The first-order valence-electron chi connectivity index (χ1n) is 5.76. The van der Waals surface area contributed by atoms with Gasteiger partial charge in [0.05, 0.1) is 0 Å². The Morgan fingerprint density at radius 2 is 2.12 bits per heavy atom. The topological polar surface area (TPSA) is 15.3 Å². The van der Waals surface area contributed by atoms with Crippen molar-refractivity contribution >= 4 is 12.4 Å². The lowest BCUT2D eigenvalue weighted by Gasteiger charge is -2.34. The number of piperazine rings is 1. The molecule has 1 fully saturated rings. The van der Waals surface area contributed by atoms with E-state index in [0.29, 0.717) is 6.04 Å². The van der Waals surface area contributed by atoms with Gasteiger partial charge in [0.15, 0.2) is 0 Å². The molecule has 16 heavy (non-hydrogen) atoms. The van der Waals surface area contributed by atoms with Gasteiger partial charge in [-0.25, -0.2) is 0 Å². The molecule has 1 heterocycles. The van der Waals surface area contributed by atoms with Crippen molar-refractivity contribution in [1.82, 2.24) is 10.2 Å². The average Bonchev–Trinajstić information content (AvgIpc) is 2.24. The second kappa shape index (κ2) is 6.24. The van der Waals surface area contributed by atoms with E-state index in [4.69, 9.17) is 0 Å². The molecule has 90 valence electrons. The van der Waals surface area contributed by atoms with Gasteiger partial charge in [0.1, 0.15) is 0 Å². The van der Waals surface area contributed by atoms with Crippen molar-refractivity contribution in [2.75, 3.05) is 19.6 Å². The Labute approximate surface area is 104 Å². The van der Waals surface area contributed by atoms with Gasteiger partial charge in [0.2, 0.25) is 0 Å². The molecule has 0 amide bonds. The van der Waals surface area contributed by atoms with Gasteiger partial charge < -0.3 is 5.32 Å². The molecule has 0 saturated carbocycles. The van der Waals surface area contributed by atoms with E-state index in [9.17, 15) is 0 Å². The lowest BCUT2D eigenvalue weighted by Crippen LogP contribution is -2.49. The Balaban J connectivity index is 0.00000128. The van der Waals surface area contributed by atoms with Gasteiger partial charge in [0.25, 0.3) is 0 Å². The van der Waals surface area contributed by atoms with Gasteiger partial charge in [-0.15, -0.1) is 12.4 Å². The molecule has 1 aliphatic heterocycles. The molecule has 1 aromatic rings. The number of hydrogen-bond donors (Lipinski definition) is 1. The van der Waals surface area contributed by atoms with Crippen molar-refractivity contribution in [2.24, 2.45) is 0 Å². The number of aryl methyl sites for hydroxylation is 1. The first kappa shape index (κ1) is 13.5. The molecular formula is C13H21ClN2. The molecule has 3 heteroatoms. The van der Waals surface area contributed by atoms with Gasteiger partial charge in [-0.3, -0.25) is 4.90 Å². The maximum absolute atomic E-state index is 3.42. The predicted molar refractivity (Wildman–Crippen MR) is 71.2 cm³/mol. The monoisotopic (exact) mass is 240 g/mol. The molecule has 0 unspecified atom stereocenters. The van der Waals surface area contributed by atoms with E-state index >= 15 is 0 Å². The molecule has 1 N–H and O–H groups in total. The van der Waals surface area contributed by atoms with Crippen LogP contribution in [0.25, 0.3) is 0 Å². The summed E-state index contributed by atoms with van der Waals surface area (Å²) in [4.78, 5) is 2.55. The second-order valence-electron chi connectivity index (χ2n) is 4.45. The van der Waals surface area contributed by atoms with E-state index < -0.39 is 0 Å². The standard InChI is InChI=1S/C13H20N2.ClH/c1-11-5-3-4-6-13(11)10-15-8-7-14-9-12(15)2;/h3-6,12,14H,7-10H2,1-2H3;1H/t12-;/m0./s1.